The number of carbonyl (C=O) groups is 2. The zero-order valence-electron chi connectivity index (χ0n) is 28.6. The smallest absolute Gasteiger partial charge is 0.462 e. The number of rotatable bonds is 31. The molecule has 0 spiro atoms. The number of hydrogen-bond donors (Lipinski definition) is 3. The van der Waals surface area contributed by atoms with E-state index in [9.17, 15) is 19.3 Å². The first kappa shape index (κ1) is 44.0. The lowest BCUT2D eigenvalue weighted by Gasteiger charge is -2.18. The van der Waals surface area contributed by atoms with Gasteiger partial charge in [-0.05, 0) is 44.9 Å². The second-order valence-electron chi connectivity index (χ2n) is 11.7. The summed E-state index contributed by atoms with van der Waals surface area (Å²) in [6.45, 7) is 3.43. The average Bonchev–Trinajstić information content (AvgIpc) is 3.01. The largest absolute Gasteiger partial charge is 0.469 e. The Bertz CT molecular complexity index is 907. The molecule has 0 aromatic carbocycles. The summed E-state index contributed by atoms with van der Waals surface area (Å²) in [5, 5.41) is 9.76. The molecule has 0 aliphatic heterocycles. The van der Waals surface area contributed by atoms with Crippen LogP contribution in [0.5, 0.6) is 0 Å². The summed E-state index contributed by atoms with van der Waals surface area (Å²) >= 11 is 0. The Kier molecular flexibility index (Phi) is 30.2. The minimum Gasteiger partial charge on any atom is -0.462 e. The van der Waals surface area contributed by atoms with Gasteiger partial charge in [-0.15, -0.1) is 0 Å². The predicted molar refractivity (Wildman–Crippen MR) is 185 cm³/mol. The number of unbranched alkanes of at least 4 members (excludes halogenated alkanes) is 11. The van der Waals surface area contributed by atoms with Crippen LogP contribution in [0.1, 0.15) is 142 Å². The second-order valence-corrected chi connectivity index (χ2v) is 12.9. The summed E-state index contributed by atoms with van der Waals surface area (Å²) in [4.78, 5) is 42.5. The van der Waals surface area contributed by atoms with E-state index in [-0.39, 0.29) is 25.6 Å². The molecule has 0 radical (unpaired) electrons. The van der Waals surface area contributed by atoms with Gasteiger partial charge in [-0.2, -0.15) is 0 Å². The Balaban J connectivity index is 4.13. The van der Waals surface area contributed by atoms with Crippen LogP contribution < -0.4 is 0 Å². The van der Waals surface area contributed by atoms with Crippen LogP contribution in [-0.2, 0) is 28.2 Å². The molecule has 0 aromatic rings. The maximum absolute atomic E-state index is 12.3. The SMILES string of the molecule is CCCCCCCCCCCCC(=O)O[C@H](COC(=O)CCC/C=C\C/C=C\C/C=C\C/C=C\[C@@H](O)CCCC)COP(=O)(O)O. The van der Waals surface area contributed by atoms with Gasteiger partial charge in [0.25, 0.3) is 0 Å². The van der Waals surface area contributed by atoms with E-state index in [0.29, 0.717) is 19.3 Å². The standard InChI is InChI=1S/C36H63O9P/c1-3-5-7-8-9-10-16-20-23-26-30-36(39)45-34(32-44-46(40,41)42)31-43-35(38)29-25-22-19-17-14-12-11-13-15-18-21-24-28-33(37)27-6-4-2/h11-12,15,17-19,24,28,33-34,37H,3-10,13-14,16,20-23,25-27,29-32H2,1-2H3,(H2,40,41,42)/b12-11-,18-15-,19-17-,28-24-/t33-,34+/m0/s1. The second kappa shape index (κ2) is 31.6. The zero-order valence-corrected chi connectivity index (χ0v) is 29.5. The first-order valence-corrected chi connectivity index (χ1v) is 19.1. The van der Waals surface area contributed by atoms with Crippen molar-refractivity contribution >= 4 is 19.8 Å². The maximum atomic E-state index is 12.3. The molecule has 0 saturated carbocycles. The van der Waals surface area contributed by atoms with E-state index in [1.165, 1.54) is 38.5 Å². The number of aliphatic hydroxyl groups is 1. The van der Waals surface area contributed by atoms with Crippen molar-refractivity contribution < 1.29 is 43.0 Å². The molecule has 46 heavy (non-hydrogen) atoms. The van der Waals surface area contributed by atoms with Crippen molar-refractivity contribution in [3.05, 3.63) is 48.6 Å². The molecule has 0 unspecified atom stereocenters. The van der Waals surface area contributed by atoms with Crippen molar-refractivity contribution in [1.82, 2.24) is 0 Å². The van der Waals surface area contributed by atoms with Gasteiger partial charge >= 0.3 is 19.8 Å². The van der Waals surface area contributed by atoms with Gasteiger partial charge in [0.05, 0.1) is 12.7 Å². The van der Waals surface area contributed by atoms with Crippen molar-refractivity contribution in [3.8, 4) is 0 Å². The quantitative estimate of drug-likeness (QED) is 0.0285. The minimum atomic E-state index is -4.76. The number of hydrogen-bond acceptors (Lipinski definition) is 7. The molecular formula is C36H63O9P. The van der Waals surface area contributed by atoms with Crippen molar-refractivity contribution in [2.24, 2.45) is 0 Å². The predicted octanol–water partition coefficient (Wildman–Crippen LogP) is 8.98. The molecule has 0 aliphatic carbocycles. The normalized spacial score (nSPS) is 13.8. The Hall–Kier alpha value is -2.03. The molecule has 9 nitrogen and oxygen atoms in total. The number of allylic oxidation sites excluding steroid dienone is 7. The van der Waals surface area contributed by atoms with Gasteiger partial charge in [-0.1, -0.05) is 133 Å². The highest BCUT2D eigenvalue weighted by molar-refractivity contribution is 7.46. The third-order valence-electron chi connectivity index (χ3n) is 7.17. The molecule has 0 bridgehead atoms. The highest BCUT2D eigenvalue weighted by atomic mass is 31.2. The van der Waals surface area contributed by atoms with Crippen LogP contribution in [0.4, 0.5) is 0 Å². The number of phosphoric acid groups is 1. The van der Waals surface area contributed by atoms with Crippen LogP contribution in [0.2, 0.25) is 0 Å². The fourth-order valence-electron chi connectivity index (χ4n) is 4.50. The molecule has 3 N–H and O–H groups in total. The monoisotopic (exact) mass is 670 g/mol. The third-order valence-corrected chi connectivity index (χ3v) is 7.66. The van der Waals surface area contributed by atoms with Gasteiger partial charge in [0.15, 0.2) is 6.10 Å². The van der Waals surface area contributed by atoms with Gasteiger partial charge < -0.3 is 24.4 Å². The van der Waals surface area contributed by atoms with Crippen LogP contribution in [0.3, 0.4) is 0 Å². The molecule has 0 heterocycles. The Labute approximate surface area is 278 Å². The third kappa shape index (κ3) is 33.3. The Morgan fingerprint density at radius 2 is 1.17 bits per heavy atom. The van der Waals surface area contributed by atoms with Crippen LogP contribution >= 0.6 is 7.82 Å². The van der Waals surface area contributed by atoms with Gasteiger partial charge in [0.2, 0.25) is 0 Å². The summed E-state index contributed by atoms with van der Waals surface area (Å²) in [7, 11) is -4.76. The van der Waals surface area contributed by atoms with Crippen molar-refractivity contribution in [3.63, 3.8) is 0 Å². The van der Waals surface area contributed by atoms with Crippen molar-refractivity contribution in [2.75, 3.05) is 13.2 Å². The molecular weight excluding hydrogens is 607 g/mol. The summed E-state index contributed by atoms with van der Waals surface area (Å²) in [6.07, 6.45) is 33.2. The number of aliphatic hydroxyl groups excluding tert-OH is 1. The zero-order chi connectivity index (χ0) is 34.1. The molecule has 10 heteroatoms. The fourth-order valence-corrected chi connectivity index (χ4v) is 4.86. The van der Waals surface area contributed by atoms with Gasteiger partial charge in [-0.3, -0.25) is 14.1 Å². The molecule has 266 valence electrons. The van der Waals surface area contributed by atoms with Crippen molar-refractivity contribution in [2.45, 2.75) is 154 Å². The van der Waals surface area contributed by atoms with Gasteiger partial charge in [0.1, 0.15) is 6.61 Å². The number of ether oxygens (including phenoxy) is 2. The van der Waals surface area contributed by atoms with Gasteiger partial charge in [-0.25, -0.2) is 4.57 Å². The average molecular weight is 671 g/mol. The van der Waals surface area contributed by atoms with Crippen molar-refractivity contribution in [1.29, 1.82) is 0 Å². The minimum absolute atomic E-state index is 0.174. The lowest BCUT2D eigenvalue weighted by atomic mass is 10.1. The molecule has 0 saturated heterocycles. The van der Waals surface area contributed by atoms with Crippen LogP contribution in [0.15, 0.2) is 48.6 Å². The highest BCUT2D eigenvalue weighted by Crippen LogP contribution is 2.35. The van der Waals surface area contributed by atoms with E-state index in [1.54, 1.807) is 0 Å². The van der Waals surface area contributed by atoms with E-state index in [0.717, 1.165) is 57.8 Å². The lowest BCUT2D eigenvalue weighted by molar-refractivity contribution is -0.161. The number of phosphoric ester groups is 1. The number of carbonyl (C=O) groups excluding carboxylic acids is 2. The van der Waals surface area contributed by atoms with Crippen LogP contribution in [-0.4, -0.2) is 52.3 Å². The lowest BCUT2D eigenvalue weighted by Crippen LogP contribution is -2.29. The fraction of sp³-hybridized carbons (Fsp3) is 0.722. The molecule has 0 rings (SSSR count). The first-order valence-electron chi connectivity index (χ1n) is 17.5. The van der Waals surface area contributed by atoms with E-state index >= 15 is 0 Å². The summed E-state index contributed by atoms with van der Waals surface area (Å²) in [5.74, 6) is -0.978. The van der Waals surface area contributed by atoms with Gasteiger partial charge in [0, 0.05) is 12.8 Å². The maximum Gasteiger partial charge on any atom is 0.469 e. The first-order chi connectivity index (χ1) is 22.2. The highest BCUT2D eigenvalue weighted by Gasteiger charge is 2.22. The van der Waals surface area contributed by atoms with Crippen LogP contribution in [0.25, 0.3) is 0 Å². The van der Waals surface area contributed by atoms with Crippen LogP contribution in [0, 0.1) is 0 Å². The topological polar surface area (TPSA) is 140 Å². The van der Waals surface area contributed by atoms with E-state index in [4.69, 9.17) is 19.3 Å². The summed E-state index contributed by atoms with van der Waals surface area (Å²) in [6, 6.07) is 0. The van der Waals surface area contributed by atoms with E-state index < -0.39 is 32.5 Å². The molecule has 0 fully saturated rings. The summed E-state index contributed by atoms with van der Waals surface area (Å²) < 4.78 is 26.1. The molecule has 0 aliphatic rings. The number of esters is 2. The summed E-state index contributed by atoms with van der Waals surface area (Å²) in [5.41, 5.74) is 0. The van der Waals surface area contributed by atoms with E-state index in [1.807, 2.05) is 24.3 Å². The molecule has 0 amide bonds. The van der Waals surface area contributed by atoms with E-state index in [2.05, 4.69) is 42.7 Å². The molecule has 0 aromatic heterocycles. The Morgan fingerprint density at radius 1 is 0.652 bits per heavy atom. The Morgan fingerprint density at radius 3 is 1.76 bits per heavy atom. The molecule has 2 atom stereocenters.